The number of rotatable bonds is 8. The molecule has 0 aliphatic carbocycles. The van der Waals surface area contributed by atoms with Gasteiger partial charge in [-0.05, 0) is 42.7 Å². The number of methoxy groups -OCH3 is 1. The topological polar surface area (TPSA) is 79.1 Å². The first kappa shape index (κ1) is 21.3. The molecule has 1 aromatic heterocycles. The highest BCUT2D eigenvalue weighted by Crippen LogP contribution is 2.36. The van der Waals surface area contributed by atoms with Crippen molar-refractivity contribution in [2.45, 2.75) is 39.7 Å². The average molecular weight is 405 g/mol. The molecule has 2 aromatic carbocycles. The number of urea groups is 1. The summed E-state index contributed by atoms with van der Waals surface area (Å²) in [4.78, 5) is 11.9. The Morgan fingerprint density at radius 1 is 1.13 bits per heavy atom. The van der Waals surface area contributed by atoms with Crippen LogP contribution in [0, 0.1) is 11.3 Å². The van der Waals surface area contributed by atoms with Gasteiger partial charge in [0.25, 0.3) is 0 Å². The molecule has 3 aromatic rings. The van der Waals surface area contributed by atoms with Crippen molar-refractivity contribution in [3.63, 3.8) is 0 Å². The van der Waals surface area contributed by atoms with Crippen LogP contribution in [0.5, 0.6) is 5.75 Å². The van der Waals surface area contributed by atoms with E-state index in [1.54, 1.807) is 7.11 Å². The zero-order valence-electron chi connectivity index (χ0n) is 17.8. The van der Waals surface area contributed by atoms with Crippen LogP contribution in [0.2, 0.25) is 0 Å². The number of carbonyl (C=O) groups is 1. The van der Waals surface area contributed by atoms with Crippen LogP contribution >= 0.6 is 0 Å². The Morgan fingerprint density at radius 2 is 1.90 bits per heavy atom. The van der Waals surface area contributed by atoms with Crippen LogP contribution in [0.1, 0.15) is 38.7 Å². The quantitative estimate of drug-likeness (QED) is 0.519. The summed E-state index contributed by atoms with van der Waals surface area (Å²) in [5.74, 6) is 0.770. The predicted octanol–water partition coefficient (Wildman–Crippen LogP) is 5.52. The Labute approximate surface area is 177 Å². The molecule has 2 N–H and O–H groups in total. The van der Waals surface area contributed by atoms with E-state index in [0.29, 0.717) is 17.8 Å². The number of nitriles is 1. The van der Waals surface area contributed by atoms with Gasteiger partial charge in [0, 0.05) is 30.2 Å². The van der Waals surface area contributed by atoms with E-state index in [0.717, 1.165) is 53.7 Å². The van der Waals surface area contributed by atoms with E-state index in [2.05, 4.69) is 28.2 Å². The summed E-state index contributed by atoms with van der Waals surface area (Å²) < 4.78 is 7.61. The maximum Gasteiger partial charge on any atom is 0.319 e. The highest BCUT2D eigenvalue weighted by Gasteiger charge is 2.19. The van der Waals surface area contributed by atoms with Gasteiger partial charge in [-0.1, -0.05) is 32.4 Å². The van der Waals surface area contributed by atoms with Crippen molar-refractivity contribution in [1.82, 2.24) is 9.88 Å². The minimum atomic E-state index is -0.216. The predicted molar refractivity (Wildman–Crippen MR) is 121 cm³/mol. The number of aromatic nitrogens is 1. The molecule has 1 heterocycles. The SMILES string of the molecule is CCCCn1c(-c2ccc(NC(=O)NCCC)cc2)c(C#N)c2ccc(OC)cc21. The van der Waals surface area contributed by atoms with Crippen LogP contribution in [0.4, 0.5) is 10.5 Å². The zero-order chi connectivity index (χ0) is 21.5. The number of nitrogens with zero attached hydrogens (tertiary/aromatic N) is 2. The normalized spacial score (nSPS) is 10.6. The number of amides is 2. The summed E-state index contributed by atoms with van der Waals surface area (Å²) >= 11 is 0. The van der Waals surface area contributed by atoms with Crippen LogP contribution in [0.15, 0.2) is 42.5 Å². The molecule has 30 heavy (non-hydrogen) atoms. The molecule has 0 atom stereocenters. The number of aryl methyl sites for hydroxylation is 1. The molecule has 0 aliphatic rings. The van der Waals surface area contributed by atoms with E-state index in [1.807, 2.05) is 49.4 Å². The van der Waals surface area contributed by atoms with Crippen molar-refractivity contribution in [3.8, 4) is 23.1 Å². The molecule has 6 heteroatoms. The fraction of sp³-hybridized carbons (Fsp3) is 0.333. The number of ether oxygens (including phenoxy) is 1. The molecular weight excluding hydrogens is 376 g/mol. The van der Waals surface area contributed by atoms with Crippen molar-refractivity contribution >= 4 is 22.6 Å². The van der Waals surface area contributed by atoms with Crippen LogP contribution in [0.3, 0.4) is 0 Å². The van der Waals surface area contributed by atoms with Crippen LogP contribution in [-0.4, -0.2) is 24.3 Å². The minimum absolute atomic E-state index is 0.216. The number of carbonyl (C=O) groups excluding carboxylic acids is 1. The molecule has 0 fully saturated rings. The molecule has 0 unspecified atom stereocenters. The third-order valence-corrected chi connectivity index (χ3v) is 5.07. The maximum atomic E-state index is 11.9. The maximum absolute atomic E-state index is 11.9. The number of benzene rings is 2. The average Bonchev–Trinajstić information content (AvgIpc) is 3.09. The lowest BCUT2D eigenvalue weighted by atomic mass is 10.1. The minimum Gasteiger partial charge on any atom is -0.497 e. The second kappa shape index (κ2) is 9.84. The van der Waals surface area contributed by atoms with Gasteiger partial charge >= 0.3 is 6.03 Å². The Kier molecular flexibility index (Phi) is 6.97. The summed E-state index contributed by atoms with van der Waals surface area (Å²) in [6, 6.07) is 15.6. The van der Waals surface area contributed by atoms with E-state index < -0.39 is 0 Å². The Balaban J connectivity index is 2.03. The highest BCUT2D eigenvalue weighted by atomic mass is 16.5. The molecule has 0 radical (unpaired) electrons. The summed E-state index contributed by atoms with van der Waals surface area (Å²) in [6.45, 7) is 5.61. The first-order valence-corrected chi connectivity index (χ1v) is 10.4. The van der Waals surface area contributed by atoms with Gasteiger partial charge in [0.05, 0.1) is 23.9 Å². The molecule has 0 spiro atoms. The Hall–Kier alpha value is -3.46. The van der Waals surface area contributed by atoms with E-state index in [1.165, 1.54) is 0 Å². The number of unbranched alkanes of at least 4 members (excludes halogenated alkanes) is 1. The highest BCUT2D eigenvalue weighted by molar-refractivity contribution is 5.96. The molecule has 2 amide bonds. The molecular formula is C24H28N4O2. The molecule has 156 valence electrons. The molecule has 0 saturated carbocycles. The van der Waals surface area contributed by atoms with E-state index in [9.17, 15) is 10.1 Å². The fourth-order valence-electron chi connectivity index (χ4n) is 3.54. The molecule has 3 rings (SSSR count). The monoisotopic (exact) mass is 404 g/mol. The van der Waals surface area contributed by atoms with Crippen LogP contribution in [-0.2, 0) is 6.54 Å². The number of hydrogen-bond acceptors (Lipinski definition) is 3. The largest absolute Gasteiger partial charge is 0.497 e. The summed E-state index contributed by atoms with van der Waals surface area (Å²) in [5.41, 5.74) is 4.21. The van der Waals surface area contributed by atoms with Crippen molar-refractivity contribution in [3.05, 3.63) is 48.0 Å². The smallest absolute Gasteiger partial charge is 0.319 e. The first-order valence-electron chi connectivity index (χ1n) is 10.4. The van der Waals surface area contributed by atoms with Crippen LogP contribution < -0.4 is 15.4 Å². The van der Waals surface area contributed by atoms with Gasteiger partial charge in [-0.3, -0.25) is 0 Å². The Bertz CT molecular complexity index is 1060. The van der Waals surface area contributed by atoms with Crippen molar-refractivity contribution < 1.29 is 9.53 Å². The summed E-state index contributed by atoms with van der Waals surface area (Å²) in [7, 11) is 1.65. The standard InChI is InChI=1S/C24H28N4O2/c1-4-6-14-28-22-15-19(30-3)11-12-20(22)21(16-25)23(28)17-7-9-18(10-8-17)27-24(29)26-13-5-2/h7-12,15H,4-6,13-14H2,1-3H3,(H2,26,27,29). The third-order valence-electron chi connectivity index (χ3n) is 5.07. The molecule has 0 aliphatic heterocycles. The molecule has 0 bridgehead atoms. The number of hydrogen-bond donors (Lipinski definition) is 2. The number of fused-ring (bicyclic) bond motifs is 1. The van der Waals surface area contributed by atoms with Crippen molar-refractivity contribution in [1.29, 1.82) is 5.26 Å². The van der Waals surface area contributed by atoms with Gasteiger partial charge in [0.1, 0.15) is 11.8 Å². The van der Waals surface area contributed by atoms with E-state index in [4.69, 9.17) is 4.74 Å². The van der Waals surface area contributed by atoms with Gasteiger partial charge in [-0.15, -0.1) is 0 Å². The van der Waals surface area contributed by atoms with Crippen molar-refractivity contribution in [2.24, 2.45) is 0 Å². The summed E-state index contributed by atoms with van der Waals surface area (Å²) in [5, 5.41) is 16.5. The van der Waals surface area contributed by atoms with Crippen molar-refractivity contribution in [2.75, 3.05) is 19.0 Å². The Morgan fingerprint density at radius 3 is 2.53 bits per heavy atom. The molecule has 0 saturated heterocycles. The van der Waals surface area contributed by atoms with E-state index in [-0.39, 0.29) is 6.03 Å². The first-order chi connectivity index (χ1) is 14.6. The lowest BCUT2D eigenvalue weighted by Gasteiger charge is -2.12. The zero-order valence-corrected chi connectivity index (χ0v) is 17.8. The molecule has 6 nitrogen and oxygen atoms in total. The van der Waals surface area contributed by atoms with Gasteiger partial charge in [-0.2, -0.15) is 5.26 Å². The number of anilines is 1. The van der Waals surface area contributed by atoms with Gasteiger partial charge in [0.2, 0.25) is 0 Å². The summed E-state index contributed by atoms with van der Waals surface area (Å²) in [6.07, 6.45) is 2.95. The second-order valence-electron chi connectivity index (χ2n) is 7.18. The van der Waals surface area contributed by atoms with Crippen LogP contribution in [0.25, 0.3) is 22.2 Å². The lowest BCUT2D eigenvalue weighted by Crippen LogP contribution is -2.29. The second-order valence-corrected chi connectivity index (χ2v) is 7.18. The van der Waals surface area contributed by atoms with Gasteiger partial charge in [0.15, 0.2) is 0 Å². The number of nitrogens with one attached hydrogen (secondary N) is 2. The lowest BCUT2D eigenvalue weighted by molar-refractivity contribution is 0.252. The van der Waals surface area contributed by atoms with Gasteiger partial charge < -0.3 is 19.9 Å². The van der Waals surface area contributed by atoms with E-state index >= 15 is 0 Å². The van der Waals surface area contributed by atoms with Gasteiger partial charge in [-0.25, -0.2) is 4.79 Å². The third kappa shape index (κ3) is 4.41. The fourth-order valence-corrected chi connectivity index (χ4v) is 3.54.